The molecular weight excluding hydrogens is 484 g/mol. The molecule has 4 rings (SSSR count). The summed E-state index contributed by atoms with van der Waals surface area (Å²) >= 11 is 1.49. The molecule has 0 fully saturated rings. The highest BCUT2D eigenvalue weighted by molar-refractivity contribution is 7.91. The van der Waals surface area contributed by atoms with Crippen LogP contribution in [0.1, 0.15) is 48.5 Å². The number of amides is 1. The molecule has 0 spiro atoms. The average molecular weight is 515 g/mol. The number of nitrogens with one attached hydrogen (secondary N) is 1. The zero-order valence-corrected chi connectivity index (χ0v) is 21.9. The Labute approximate surface area is 209 Å². The third-order valence-corrected chi connectivity index (χ3v) is 8.91. The second-order valence-electron chi connectivity index (χ2n) is 9.18. The summed E-state index contributed by atoms with van der Waals surface area (Å²) in [5.74, 6) is 0.181. The van der Waals surface area contributed by atoms with Gasteiger partial charge in [0, 0.05) is 37.3 Å². The van der Waals surface area contributed by atoms with E-state index >= 15 is 0 Å². The van der Waals surface area contributed by atoms with E-state index in [9.17, 15) is 18.0 Å². The van der Waals surface area contributed by atoms with E-state index in [4.69, 9.17) is 4.98 Å². The predicted octanol–water partition coefficient (Wildman–Crippen LogP) is 3.53. The zero-order valence-electron chi connectivity index (χ0n) is 20.3. The fourth-order valence-electron chi connectivity index (χ4n) is 4.42. The summed E-state index contributed by atoms with van der Waals surface area (Å²) in [5.41, 5.74) is 2.78. The number of rotatable bonds is 8. The number of carbonyl (C=O) groups is 1. The fourth-order valence-corrected chi connectivity index (χ4v) is 6.35. The summed E-state index contributed by atoms with van der Waals surface area (Å²) in [7, 11) is -1.50. The molecule has 1 aliphatic heterocycles. The molecule has 0 saturated heterocycles. The quantitative estimate of drug-likeness (QED) is 0.494. The molecule has 8 nitrogen and oxygen atoms in total. The lowest BCUT2D eigenvalue weighted by molar-refractivity contribution is -0.115. The number of thiazole rings is 1. The number of hydrogen-bond acceptors (Lipinski definition) is 7. The molecule has 10 heteroatoms. The number of nitrogens with zero attached hydrogens (tertiary/aromatic N) is 3. The number of fused-ring (bicyclic) bond motifs is 1. The first-order valence-corrected chi connectivity index (χ1v) is 14.0. The summed E-state index contributed by atoms with van der Waals surface area (Å²) in [4.78, 5) is 32.9. The van der Waals surface area contributed by atoms with Crippen LogP contribution in [0.3, 0.4) is 0 Å². The van der Waals surface area contributed by atoms with Crippen molar-refractivity contribution in [1.29, 1.82) is 0 Å². The summed E-state index contributed by atoms with van der Waals surface area (Å²) < 4.78 is 25.5. The Bertz CT molecular complexity index is 1390. The minimum absolute atomic E-state index is 0.0290. The number of anilines is 1. The topological polar surface area (TPSA) is 101 Å². The molecule has 1 amide bonds. The minimum atomic E-state index is -3.26. The largest absolute Gasteiger partial charge is 0.318 e. The van der Waals surface area contributed by atoms with Gasteiger partial charge >= 0.3 is 0 Å². The van der Waals surface area contributed by atoms with Gasteiger partial charge in [-0.25, -0.2) is 13.4 Å². The van der Waals surface area contributed by atoms with Crippen LogP contribution in [0.2, 0.25) is 0 Å². The highest BCUT2D eigenvalue weighted by atomic mass is 32.2. The van der Waals surface area contributed by atoms with Gasteiger partial charge in [-0.3, -0.25) is 14.5 Å². The second-order valence-corrected chi connectivity index (χ2v) is 12.5. The molecule has 0 radical (unpaired) electrons. The first kappa shape index (κ1) is 25.3. The highest BCUT2D eigenvalue weighted by Gasteiger charge is 2.36. The van der Waals surface area contributed by atoms with Gasteiger partial charge < -0.3 is 9.88 Å². The van der Waals surface area contributed by atoms with Crippen LogP contribution in [0.4, 0.5) is 5.13 Å². The molecule has 1 aliphatic rings. The molecule has 0 saturated carbocycles. The Hall–Kier alpha value is -2.82. The van der Waals surface area contributed by atoms with Crippen molar-refractivity contribution in [3.05, 3.63) is 74.6 Å². The van der Waals surface area contributed by atoms with Crippen molar-refractivity contribution in [2.24, 2.45) is 13.0 Å². The van der Waals surface area contributed by atoms with Gasteiger partial charge in [0.2, 0.25) is 11.5 Å². The van der Waals surface area contributed by atoms with Gasteiger partial charge in [0.05, 0.1) is 28.8 Å². The van der Waals surface area contributed by atoms with Crippen LogP contribution in [-0.2, 0) is 41.2 Å². The summed E-state index contributed by atoms with van der Waals surface area (Å²) in [6, 6.07) is 10.0. The lowest BCUT2D eigenvalue weighted by Crippen LogP contribution is -2.27. The maximum Gasteiger partial charge on any atom is 0.250 e. The molecule has 35 heavy (non-hydrogen) atoms. The molecule has 3 aromatic rings. The van der Waals surface area contributed by atoms with E-state index in [0.717, 1.165) is 28.2 Å². The smallest absolute Gasteiger partial charge is 0.250 e. The van der Waals surface area contributed by atoms with Gasteiger partial charge in [-0.05, 0) is 29.2 Å². The van der Waals surface area contributed by atoms with E-state index in [0.29, 0.717) is 17.6 Å². The maximum absolute atomic E-state index is 12.6. The molecule has 0 unspecified atom stereocenters. The first-order chi connectivity index (χ1) is 16.6. The number of pyridine rings is 1. The molecule has 1 atom stereocenters. The van der Waals surface area contributed by atoms with Crippen LogP contribution < -0.4 is 10.9 Å². The standard InChI is InChI=1S/C25H30N4O4S2/c1-5-35(32,33)19-9-6-17(7-10-19)12-21(30)26-25-27-23-20(34-25)15-29(24(23)16(2)3)14-18-8-11-22(31)28(4)13-18/h6-11,13,16,24H,5,12,14-15H2,1-4H3,(H,26,27,30)/t24-/m0/s1. The monoisotopic (exact) mass is 514 g/mol. The molecule has 186 valence electrons. The minimum Gasteiger partial charge on any atom is -0.318 e. The third kappa shape index (κ3) is 5.55. The van der Waals surface area contributed by atoms with E-state index < -0.39 is 9.84 Å². The van der Waals surface area contributed by atoms with Crippen molar-refractivity contribution in [2.75, 3.05) is 11.1 Å². The Morgan fingerprint density at radius 1 is 1.17 bits per heavy atom. The number of aryl methyl sites for hydroxylation is 1. The number of sulfone groups is 1. The molecule has 1 N–H and O–H groups in total. The Morgan fingerprint density at radius 2 is 1.86 bits per heavy atom. The van der Waals surface area contributed by atoms with Crippen LogP contribution in [0.15, 0.2) is 52.3 Å². The zero-order chi connectivity index (χ0) is 25.3. The Balaban J connectivity index is 1.43. The van der Waals surface area contributed by atoms with Crippen molar-refractivity contribution >= 4 is 32.2 Å². The van der Waals surface area contributed by atoms with Gasteiger partial charge in [0.15, 0.2) is 15.0 Å². The van der Waals surface area contributed by atoms with Crippen molar-refractivity contribution in [2.45, 2.75) is 51.2 Å². The molecule has 0 bridgehead atoms. The molecule has 1 aromatic carbocycles. The maximum atomic E-state index is 12.6. The number of carbonyl (C=O) groups excluding carboxylic acids is 1. The van der Waals surface area contributed by atoms with Crippen LogP contribution in [0, 0.1) is 5.92 Å². The van der Waals surface area contributed by atoms with Gasteiger partial charge in [-0.2, -0.15) is 0 Å². The van der Waals surface area contributed by atoms with Gasteiger partial charge in [-0.1, -0.05) is 39.0 Å². The molecule has 2 aromatic heterocycles. The van der Waals surface area contributed by atoms with Gasteiger partial charge in [0.1, 0.15) is 0 Å². The lowest BCUT2D eigenvalue weighted by Gasteiger charge is -2.27. The van der Waals surface area contributed by atoms with Crippen molar-refractivity contribution in [1.82, 2.24) is 14.5 Å². The normalized spacial score (nSPS) is 16.0. The summed E-state index contributed by atoms with van der Waals surface area (Å²) in [6.45, 7) is 7.38. The SMILES string of the molecule is CCS(=O)(=O)c1ccc(CC(=O)Nc2nc3c(s2)CN(Cc2ccc(=O)n(C)c2)[C@H]3C(C)C)cc1. The highest BCUT2D eigenvalue weighted by Crippen LogP contribution is 2.43. The van der Waals surface area contributed by atoms with Crippen molar-refractivity contribution < 1.29 is 13.2 Å². The Kier molecular flexibility index (Phi) is 7.25. The van der Waals surface area contributed by atoms with Gasteiger partial charge in [0.25, 0.3) is 0 Å². The molecule has 0 aliphatic carbocycles. The van der Waals surface area contributed by atoms with Crippen LogP contribution in [0.25, 0.3) is 0 Å². The van der Waals surface area contributed by atoms with Crippen molar-refractivity contribution in [3.8, 4) is 0 Å². The van der Waals surface area contributed by atoms with E-state index in [2.05, 4.69) is 24.1 Å². The molecule has 3 heterocycles. The van der Waals surface area contributed by atoms with Crippen LogP contribution in [-0.4, -0.2) is 34.5 Å². The van der Waals surface area contributed by atoms with E-state index in [1.54, 1.807) is 48.9 Å². The fraction of sp³-hybridized carbons (Fsp3) is 0.400. The lowest BCUT2D eigenvalue weighted by atomic mass is 10.0. The average Bonchev–Trinajstić information content (AvgIpc) is 3.32. The number of hydrogen-bond donors (Lipinski definition) is 1. The van der Waals surface area contributed by atoms with Crippen LogP contribution in [0.5, 0.6) is 0 Å². The number of benzene rings is 1. The summed E-state index contributed by atoms with van der Waals surface area (Å²) in [5, 5.41) is 3.49. The summed E-state index contributed by atoms with van der Waals surface area (Å²) in [6.07, 6.45) is 2.01. The van der Waals surface area contributed by atoms with E-state index in [1.165, 1.54) is 11.3 Å². The second kappa shape index (κ2) is 10.0. The third-order valence-electron chi connectivity index (χ3n) is 6.19. The van der Waals surface area contributed by atoms with Crippen molar-refractivity contribution in [3.63, 3.8) is 0 Å². The Morgan fingerprint density at radius 3 is 2.49 bits per heavy atom. The molecular formula is C25H30N4O4S2. The number of aromatic nitrogens is 2. The van der Waals surface area contributed by atoms with E-state index in [1.807, 2.05) is 12.3 Å². The van der Waals surface area contributed by atoms with Crippen LogP contribution >= 0.6 is 11.3 Å². The predicted molar refractivity (Wildman–Crippen MR) is 137 cm³/mol. The van der Waals surface area contributed by atoms with E-state index in [-0.39, 0.29) is 34.6 Å². The van der Waals surface area contributed by atoms with Gasteiger partial charge in [-0.15, -0.1) is 11.3 Å². The first-order valence-electron chi connectivity index (χ1n) is 11.6.